The number of nitrogens with one attached hydrogen (secondary N) is 2. The molecule has 13 nitrogen and oxygen atoms in total. The van der Waals surface area contributed by atoms with E-state index in [0.717, 1.165) is 85.7 Å². The maximum absolute atomic E-state index is 13.2. The molecule has 294 valence electrons. The minimum atomic E-state index is -0.986. The largest absolute Gasteiger partial charge is 0.490 e. The van der Waals surface area contributed by atoms with Gasteiger partial charge >= 0.3 is 0 Å². The second-order valence-electron chi connectivity index (χ2n) is 16.5. The summed E-state index contributed by atoms with van der Waals surface area (Å²) in [4.78, 5) is 62.7. The van der Waals surface area contributed by atoms with Crippen molar-refractivity contribution in [3.8, 4) is 11.5 Å². The summed E-state index contributed by atoms with van der Waals surface area (Å²) < 4.78 is 18.0. The molecule has 3 saturated heterocycles. The van der Waals surface area contributed by atoms with Crippen LogP contribution in [0, 0.1) is 5.41 Å². The van der Waals surface area contributed by atoms with E-state index < -0.39 is 29.7 Å². The first-order valence-electron chi connectivity index (χ1n) is 19.8. The lowest BCUT2D eigenvalue weighted by Crippen LogP contribution is -2.59. The Morgan fingerprint density at radius 1 is 0.877 bits per heavy atom. The molecule has 1 atom stereocenters. The fourth-order valence-electron chi connectivity index (χ4n) is 8.65. The first kappa shape index (κ1) is 36.8. The zero-order valence-corrected chi connectivity index (χ0v) is 32.2. The van der Waals surface area contributed by atoms with Crippen LogP contribution in [0.1, 0.15) is 89.9 Å². The molecule has 4 fully saturated rings. The number of rotatable bonds is 11. The number of imide groups is 2. The summed E-state index contributed by atoms with van der Waals surface area (Å²) in [5.74, 6) is 0.310. The number of carbonyl (C=O) groups is 4. The summed E-state index contributed by atoms with van der Waals surface area (Å²) in [5.41, 5.74) is 4.54. The van der Waals surface area contributed by atoms with E-state index in [-0.39, 0.29) is 41.5 Å². The van der Waals surface area contributed by atoms with Crippen molar-refractivity contribution >= 4 is 35.3 Å². The molecule has 0 radical (unpaired) electrons. The second kappa shape index (κ2) is 14.6. The molecular formula is C44H46N6O7. The van der Waals surface area contributed by atoms with Crippen LogP contribution < -0.4 is 25.0 Å². The number of anilines is 2. The van der Waals surface area contributed by atoms with E-state index in [1.165, 1.54) is 11.1 Å². The van der Waals surface area contributed by atoms with Crippen molar-refractivity contribution in [2.24, 2.45) is 5.41 Å². The van der Waals surface area contributed by atoms with Gasteiger partial charge in [0.2, 0.25) is 17.8 Å². The lowest BCUT2D eigenvalue weighted by molar-refractivity contribution is -0.136. The van der Waals surface area contributed by atoms with Gasteiger partial charge in [0.25, 0.3) is 11.8 Å². The van der Waals surface area contributed by atoms with Crippen molar-refractivity contribution in [3.63, 3.8) is 0 Å². The van der Waals surface area contributed by atoms with Crippen LogP contribution in [0.2, 0.25) is 0 Å². The van der Waals surface area contributed by atoms with E-state index in [2.05, 4.69) is 58.6 Å². The molecular weight excluding hydrogens is 725 g/mol. The number of hydrogen-bond donors (Lipinski definition) is 2. The molecule has 1 saturated carbocycles. The van der Waals surface area contributed by atoms with Gasteiger partial charge in [0.1, 0.15) is 30.3 Å². The minimum Gasteiger partial charge on any atom is -0.490 e. The molecule has 4 amide bonds. The lowest BCUT2D eigenvalue weighted by atomic mass is 9.73. The second-order valence-corrected chi connectivity index (χ2v) is 16.5. The number of hydrogen-bond acceptors (Lipinski definition) is 11. The number of aromatic nitrogens is 2. The SMILES string of the molecule is CC(C)(c1ccc(OCc2ccnc(N3CC4(CCOCC4)C3)n2)cc1)c1ccc(OC2CC(Nc3ccc4c(c3)C(=O)N(C3CCC(=O)NC3=O)C4=O)C2)cc1. The van der Waals surface area contributed by atoms with E-state index in [0.29, 0.717) is 12.0 Å². The predicted octanol–water partition coefficient (Wildman–Crippen LogP) is 5.42. The molecule has 1 aromatic heterocycles. The van der Waals surface area contributed by atoms with Gasteiger partial charge < -0.3 is 24.4 Å². The lowest BCUT2D eigenvalue weighted by Gasteiger charge is -2.52. The summed E-state index contributed by atoms with van der Waals surface area (Å²) in [6, 6.07) is 22.7. The summed E-state index contributed by atoms with van der Waals surface area (Å²) in [6.07, 6.45) is 5.84. The van der Waals surface area contributed by atoms with Crippen LogP contribution >= 0.6 is 0 Å². The number of ether oxygens (including phenoxy) is 3. The highest BCUT2D eigenvalue weighted by molar-refractivity contribution is 6.23. The summed E-state index contributed by atoms with van der Waals surface area (Å²) in [5, 5.41) is 5.68. The van der Waals surface area contributed by atoms with Crippen LogP contribution in [0.3, 0.4) is 0 Å². The van der Waals surface area contributed by atoms with Gasteiger partial charge in [0.05, 0.1) is 16.8 Å². The zero-order valence-electron chi connectivity index (χ0n) is 32.2. The van der Waals surface area contributed by atoms with Gasteiger partial charge in [-0.1, -0.05) is 38.1 Å². The van der Waals surface area contributed by atoms with Gasteiger partial charge in [0.15, 0.2) is 0 Å². The molecule has 5 aliphatic rings. The van der Waals surface area contributed by atoms with Crippen molar-refractivity contribution in [3.05, 3.63) is 107 Å². The van der Waals surface area contributed by atoms with Crippen LogP contribution in [-0.2, 0) is 26.3 Å². The quantitative estimate of drug-likeness (QED) is 0.188. The van der Waals surface area contributed by atoms with Crippen LogP contribution in [0.5, 0.6) is 11.5 Å². The maximum atomic E-state index is 13.2. The Labute approximate surface area is 331 Å². The van der Waals surface area contributed by atoms with Crippen LogP contribution in [0.4, 0.5) is 11.6 Å². The Morgan fingerprint density at radius 2 is 1.56 bits per heavy atom. The number of benzene rings is 3. The van der Waals surface area contributed by atoms with Gasteiger partial charge in [-0.15, -0.1) is 0 Å². The van der Waals surface area contributed by atoms with Crippen molar-refractivity contribution in [2.45, 2.75) is 82.6 Å². The molecule has 4 aromatic rings. The molecule has 5 heterocycles. The van der Waals surface area contributed by atoms with Gasteiger partial charge in [-0.25, -0.2) is 9.97 Å². The van der Waals surface area contributed by atoms with Gasteiger partial charge in [-0.05, 0) is 78.9 Å². The molecule has 9 rings (SSSR count). The highest BCUT2D eigenvalue weighted by atomic mass is 16.5. The first-order chi connectivity index (χ1) is 27.5. The molecule has 4 aliphatic heterocycles. The monoisotopic (exact) mass is 770 g/mol. The average molecular weight is 771 g/mol. The number of piperidine rings is 1. The third kappa shape index (κ3) is 7.20. The van der Waals surface area contributed by atoms with Crippen molar-refractivity contribution in [1.29, 1.82) is 0 Å². The maximum Gasteiger partial charge on any atom is 0.262 e. The topological polar surface area (TPSA) is 152 Å². The van der Waals surface area contributed by atoms with Crippen molar-refractivity contribution < 1.29 is 33.4 Å². The smallest absolute Gasteiger partial charge is 0.262 e. The van der Waals surface area contributed by atoms with Crippen LogP contribution in [0.15, 0.2) is 79.0 Å². The number of fused-ring (bicyclic) bond motifs is 1. The Hall–Kier alpha value is -5.82. The molecule has 13 heteroatoms. The zero-order chi connectivity index (χ0) is 39.3. The average Bonchev–Trinajstić information content (AvgIpc) is 3.44. The Kier molecular flexibility index (Phi) is 9.42. The Bertz CT molecular complexity index is 2200. The van der Waals surface area contributed by atoms with E-state index in [9.17, 15) is 19.2 Å². The number of amides is 4. The van der Waals surface area contributed by atoms with Gasteiger partial charge in [-0.3, -0.25) is 29.4 Å². The number of carbonyl (C=O) groups excluding carboxylic acids is 4. The van der Waals surface area contributed by atoms with Crippen LogP contribution in [-0.4, -0.2) is 83.0 Å². The summed E-state index contributed by atoms with van der Waals surface area (Å²) in [7, 11) is 0. The Morgan fingerprint density at radius 3 is 2.26 bits per heavy atom. The fraction of sp³-hybridized carbons (Fsp3) is 0.409. The van der Waals surface area contributed by atoms with Gasteiger partial charge in [0, 0.05) is 74.3 Å². The van der Waals surface area contributed by atoms with Crippen molar-refractivity contribution in [1.82, 2.24) is 20.2 Å². The van der Waals surface area contributed by atoms with Gasteiger partial charge in [-0.2, -0.15) is 0 Å². The molecule has 1 unspecified atom stereocenters. The third-order valence-corrected chi connectivity index (χ3v) is 12.3. The van der Waals surface area contributed by atoms with Crippen molar-refractivity contribution in [2.75, 3.05) is 36.5 Å². The molecule has 57 heavy (non-hydrogen) atoms. The van der Waals surface area contributed by atoms with E-state index in [1.54, 1.807) is 18.2 Å². The summed E-state index contributed by atoms with van der Waals surface area (Å²) >= 11 is 0. The van der Waals surface area contributed by atoms with Crippen LogP contribution in [0.25, 0.3) is 0 Å². The minimum absolute atomic E-state index is 0.0448. The number of nitrogens with zero attached hydrogens (tertiary/aromatic N) is 4. The fourth-order valence-corrected chi connectivity index (χ4v) is 8.65. The molecule has 1 spiro atoms. The molecule has 1 aliphatic carbocycles. The Balaban J connectivity index is 0.743. The normalized spacial score (nSPS) is 22.7. The predicted molar refractivity (Wildman–Crippen MR) is 210 cm³/mol. The summed E-state index contributed by atoms with van der Waals surface area (Å²) in [6.45, 7) is 8.45. The highest BCUT2D eigenvalue weighted by Gasteiger charge is 2.46. The third-order valence-electron chi connectivity index (χ3n) is 12.3. The molecule has 3 aromatic carbocycles. The standard InChI is InChI=1S/C44H46N6O7/c1-43(2,27-3-8-32(9-4-27)56-24-30-15-18-45-42(47-30)49-25-44(26-49)16-19-55-20-17-44)28-5-10-33(11-6-28)57-34-21-31(22-34)46-29-7-12-35-36(23-29)41(54)50(40(35)53)37-13-14-38(51)48-39(37)52/h3-12,15,18,23,31,34,37,46H,13-14,16-17,19-22,24-26H2,1-2H3,(H,48,51,52). The van der Waals surface area contributed by atoms with E-state index in [4.69, 9.17) is 19.2 Å². The van der Waals surface area contributed by atoms with E-state index in [1.807, 2.05) is 36.5 Å². The molecule has 2 N–H and O–H groups in total. The first-order valence-corrected chi connectivity index (χ1v) is 19.8. The highest BCUT2D eigenvalue weighted by Crippen LogP contribution is 2.41. The van der Waals surface area contributed by atoms with E-state index >= 15 is 0 Å². The molecule has 0 bridgehead atoms.